The molecule has 6 aromatic heterocycles. The molecule has 741 valence electrons. The number of benzene rings is 1. The SMILES string of the molecule is CC.CC.CC.CC.CC.CC.CC.CC(C)(C)c1c[c-]ncc1.CC(C)(C)c1ccc[c-]n1.CC(C)(C)c1cccc(C(C)(C)C)c1.CC(C)(C)c1ccn[c-]n1.CC(C)(C)c1cnc[c-]n1.CC(C)(C)c1n[c-]ccn1.CC(C)(C)c1n[c-]ncn1.CC(C)C1=C=C=C=C=C1.C[C-](C)C.C[C-](C)C.C[C-](C)C.C[C-](C)C.C[CH-]C.C[CH-]C.C[CH-]C.[B].[W+2].[W+2].[W+2].[W+2].[W+2].[W+2].[W]. The van der Waals surface area contributed by atoms with Gasteiger partial charge in [0, 0.05) is 71.8 Å². The van der Waals surface area contributed by atoms with Crippen molar-refractivity contribution in [3.05, 3.63) is 264 Å². The Kier molecular flexibility index (Phi) is 168. The van der Waals surface area contributed by atoms with E-state index in [2.05, 4.69) is 403 Å². The summed E-state index contributed by atoms with van der Waals surface area (Å²) in [5.41, 5.74) is 20.7. The normalized spacial score (nSPS) is 9.45. The van der Waals surface area contributed by atoms with Crippen LogP contribution in [0.2, 0.25) is 0 Å². The van der Waals surface area contributed by atoms with E-state index >= 15 is 0 Å². The summed E-state index contributed by atoms with van der Waals surface area (Å²) in [4.78, 5) is 43.3. The van der Waals surface area contributed by atoms with Crippen LogP contribution < -0.4 is 0 Å². The van der Waals surface area contributed by atoms with Gasteiger partial charge in [-0.05, 0) is 73.4 Å². The topological polar surface area (TPSA) is 142 Å². The quantitative estimate of drug-likeness (QED) is 0.0881. The Morgan fingerprint density at radius 3 is 0.877 bits per heavy atom. The zero-order valence-electron chi connectivity index (χ0n) is 94.6. The summed E-state index contributed by atoms with van der Waals surface area (Å²) in [6.07, 6.45) is 34.1. The monoisotopic (exact) mass is 2980 g/mol. The van der Waals surface area contributed by atoms with E-state index in [0.717, 1.165) is 34.3 Å². The molecule has 1 aromatic carbocycles. The van der Waals surface area contributed by atoms with Gasteiger partial charge in [0.15, 0.2) is 0 Å². The van der Waals surface area contributed by atoms with Gasteiger partial charge >= 0.3 is 126 Å². The summed E-state index contributed by atoms with van der Waals surface area (Å²) in [7, 11) is 0. The van der Waals surface area contributed by atoms with Crippen LogP contribution in [0.4, 0.5) is 0 Å². The van der Waals surface area contributed by atoms with Gasteiger partial charge in [-0.2, -0.15) is 155 Å². The van der Waals surface area contributed by atoms with E-state index in [4.69, 9.17) is 0 Å². The van der Waals surface area contributed by atoms with Crippen molar-refractivity contribution in [3.8, 4) is 0 Å². The Morgan fingerprint density at radius 2 is 0.685 bits per heavy atom. The summed E-state index contributed by atoms with van der Waals surface area (Å²) < 4.78 is 0. The molecule has 0 atom stereocenters. The third-order valence-electron chi connectivity index (χ3n) is 11.5. The third kappa shape index (κ3) is 146. The second kappa shape index (κ2) is 119. The van der Waals surface area contributed by atoms with Crippen molar-refractivity contribution < 1.29 is 147 Å². The summed E-state index contributed by atoms with van der Waals surface area (Å²) >= 11 is 0. The Bertz CT molecular complexity index is 2910. The second-order valence-corrected chi connectivity index (χ2v) is 35.9. The van der Waals surface area contributed by atoms with Crippen LogP contribution in [0, 0.1) is 86.3 Å². The molecule has 0 saturated heterocycles. The number of hydrogen-bond acceptors (Lipinski definition) is 11. The van der Waals surface area contributed by atoms with Crippen LogP contribution >= 0.6 is 0 Å². The van der Waals surface area contributed by atoms with E-state index in [1.165, 1.54) is 46.7 Å². The number of aromatic nitrogens is 11. The van der Waals surface area contributed by atoms with Crippen molar-refractivity contribution in [2.24, 2.45) is 5.92 Å². The first-order valence-electron chi connectivity index (χ1n) is 44.7. The number of rotatable bonds is 1. The van der Waals surface area contributed by atoms with E-state index < -0.39 is 0 Å². The fourth-order valence-electron chi connectivity index (χ4n) is 6.09. The Hall–Kier alpha value is -2.49. The molecular formula is C111H196BN11W7-. The zero-order valence-corrected chi connectivity index (χ0v) is 115. The van der Waals surface area contributed by atoms with Gasteiger partial charge in [-0.15, -0.1) is 23.9 Å². The Balaban J connectivity index is -0.0000000482. The van der Waals surface area contributed by atoms with E-state index in [9.17, 15) is 0 Å². The largest absolute Gasteiger partial charge is 2.00 e. The molecule has 0 unspecified atom stereocenters. The predicted octanol–water partition coefficient (Wildman–Crippen LogP) is 33.5. The molecule has 3 radical (unpaired) electrons. The molecule has 1 aliphatic rings. The molecule has 0 bridgehead atoms. The third-order valence-corrected chi connectivity index (χ3v) is 11.5. The summed E-state index contributed by atoms with van der Waals surface area (Å²) in [5, 5.41) is 0. The molecule has 0 fully saturated rings. The van der Waals surface area contributed by atoms with E-state index in [0.29, 0.717) is 5.92 Å². The van der Waals surface area contributed by atoms with Gasteiger partial charge in [0.25, 0.3) is 0 Å². The standard InChI is InChI=1S/C14H22.2C9H12N.C9H8.3C8H11N2.C7H10N3.4C4H9.3C3H7.7C2H6.B.7W/c1-13(2,3)11-8-7-9-12(10-11)14(4,5)6;1-9(2,3)8-4-6-10-7-5-8;1-9(2,3)8-6-4-5-7-10-8;1-8(2)9-6-4-3-5-7-9;1-8(2,3)7-6-9-4-5-10-7;1-8(2,3)7-4-5-9-6-10-7;1-8(2,3)7-9-5-4-6-10-7;1-7(2,3)6-9-4-8-5-10-6;4*1-4(2)3;3*1-3-2;7*1-2;;;;;;;;/h7-10H,1-6H3;2*4-6H,1-3H3;6,8H,1-2H3;4,6H,1-3H3;2*4-5H,1-3H3;4H,1-3H3;4*1-3H3;3*3H,1-2H3;7*1-2H3;;;;;;;;/q;2*-1;;11*-1;;;;;;;;;;6*+2. The minimum Gasteiger partial charge on any atom is -0.452 e. The van der Waals surface area contributed by atoms with Crippen LogP contribution in [-0.2, 0) is 191 Å². The predicted molar refractivity (Wildman–Crippen MR) is 554 cm³/mol. The molecule has 0 amide bonds. The molecule has 7 aromatic rings. The van der Waals surface area contributed by atoms with Crippen LogP contribution in [0.25, 0.3) is 0 Å². The van der Waals surface area contributed by atoms with Crippen molar-refractivity contribution in [1.29, 1.82) is 0 Å². The van der Waals surface area contributed by atoms with E-state index in [1.807, 2.05) is 200 Å². The molecule has 0 spiro atoms. The smallest absolute Gasteiger partial charge is 0.452 e. The first-order chi connectivity index (χ1) is 56.3. The van der Waals surface area contributed by atoms with Crippen molar-refractivity contribution in [2.75, 3.05) is 0 Å². The van der Waals surface area contributed by atoms with Crippen molar-refractivity contribution in [2.45, 2.75) is 445 Å². The maximum Gasteiger partial charge on any atom is 2.00 e. The number of allylic oxidation sites excluding steroid dienone is 2. The van der Waals surface area contributed by atoms with Gasteiger partial charge in [0.05, 0.1) is 0 Å². The minimum absolute atomic E-state index is 0. The minimum atomic E-state index is -0.000556. The van der Waals surface area contributed by atoms with Gasteiger partial charge in [-0.3, -0.25) is 0 Å². The first kappa shape index (κ1) is 183. The van der Waals surface area contributed by atoms with Gasteiger partial charge in [-0.25, -0.2) is 0 Å². The van der Waals surface area contributed by atoms with Crippen molar-refractivity contribution in [3.63, 3.8) is 0 Å². The molecule has 11 nitrogen and oxygen atoms in total. The molecular weight excluding hydrogens is 2780 g/mol. The molecule has 8 rings (SSSR count). The molecule has 0 N–H and O–H groups in total. The van der Waals surface area contributed by atoms with E-state index in [-0.39, 0.29) is 199 Å². The van der Waals surface area contributed by atoms with Crippen molar-refractivity contribution in [1.82, 2.24) is 54.8 Å². The second-order valence-electron chi connectivity index (χ2n) is 35.9. The number of pyridine rings is 2. The molecule has 1 aliphatic carbocycles. The fourth-order valence-corrected chi connectivity index (χ4v) is 6.09. The first-order valence-corrected chi connectivity index (χ1v) is 44.7. The van der Waals surface area contributed by atoms with Crippen LogP contribution in [0.5, 0.6) is 0 Å². The zero-order chi connectivity index (χ0) is 99.8. The average Bonchev–Trinajstić information content (AvgIpc) is 0.823. The molecule has 0 saturated carbocycles. The Labute approximate surface area is 916 Å². The van der Waals surface area contributed by atoms with Crippen LogP contribution in [0.1, 0.15) is 447 Å². The van der Waals surface area contributed by atoms with Gasteiger partial charge in [0.2, 0.25) is 0 Å². The van der Waals surface area contributed by atoms with E-state index in [1.54, 1.807) is 37.1 Å². The number of hydrogen-bond donors (Lipinski definition) is 0. The maximum absolute atomic E-state index is 4.12. The van der Waals surface area contributed by atoms with Crippen molar-refractivity contribution >= 4 is 8.41 Å². The molecule has 6 heterocycles. The molecule has 130 heavy (non-hydrogen) atoms. The van der Waals surface area contributed by atoms with Gasteiger partial charge < -0.3 is 97.8 Å². The fraction of sp³-hybridized carbons (Fsp3) is 0.604. The van der Waals surface area contributed by atoms with Gasteiger partial charge in [0.1, 0.15) is 0 Å². The van der Waals surface area contributed by atoms with Gasteiger partial charge in [-0.1, -0.05) is 378 Å². The maximum atomic E-state index is 4.12. The molecule has 19 heteroatoms. The summed E-state index contributed by atoms with van der Waals surface area (Å²) in [5.74, 6) is 7.81. The van der Waals surface area contributed by atoms with Crippen LogP contribution in [0.15, 0.2) is 139 Å². The van der Waals surface area contributed by atoms with Crippen LogP contribution in [0.3, 0.4) is 0 Å². The summed E-state index contributed by atoms with van der Waals surface area (Å²) in [6.45, 7) is 121. The average molecular weight is 2980 g/mol. The molecule has 0 aliphatic heterocycles. The summed E-state index contributed by atoms with van der Waals surface area (Å²) in [6, 6.07) is 22.3. The van der Waals surface area contributed by atoms with Crippen LogP contribution in [-0.4, -0.2) is 63.2 Å². The Morgan fingerprint density at radius 1 is 0.346 bits per heavy atom. The number of nitrogens with zero attached hydrogens (tertiary/aromatic N) is 11.